The molecular formula is C20H22N2O3. The van der Waals surface area contributed by atoms with Crippen LogP contribution in [0.15, 0.2) is 54.6 Å². The number of hydrogen-bond acceptors (Lipinski definition) is 3. The van der Waals surface area contributed by atoms with E-state index in [0.29, 0.717) is 12.3 Å². The van der Waals surface area contributed by atoms with Crippen LogP contribution >= 0.6 is 0 Å². The Morgan fingerprint density at radius 2 is 1.64 bits per heavy atom. The maximum atomic E-state index is 12.0. The van der Waals surface area contributed by atoms with Crippen molar-refractivity contribution in [1.29, 1.82) is 0 Å². The molecule has 5 nitrogen and oxygen atoms in total. The number of amides is 2. The fourth-order valence-corrected chi connectivity index (χ4v) is 2.80. The summed E-state index contributed by atoms with van der Waals surface area (Å²) < 4.78 is 5.71. The molecule has 0 spiro atoms. The van der Waals surface area contributed by atoms with Crippen LogP contribution in [-0.4, -0.2) is 29.8 Å². The molecule has 0 radical (unpaired) electrons. The minimum Gasteiger partial charge on any atom is -0.489 e. The fourth-order valence-electron chi connectivity index (χ4n) is 2.80. The van der Waals surface area contributed by atoms with Crippen LogP contribution in [0.1, 0.15) is 24.8 Å². The quantitative estimate of drug-likeness (QED) is 0.823. The Morgan fingerprint density at radius 1 is 0.960 bits per heavy atom. The number of rotatable bonds is 6. The minimum atomic E-state index is -0.283. The van der Waals surface area contributed by atoms with Crippen LogP contribution in [0.4, 0.5) is 5.69 Å². The van der Waals surface area contributed by atoms with Gasteiger partial charge in [0.1, 0.15) is 18.8 Å². The third kappa shape index (κ3) is 5.08. The van der Waals surface area contributed by atoms with Crippen LogP contribution < -0.4 is 10.1 Å². The van der Waals surface area contributed by atoms with E-state index in [4.69, 9.17) is 4.74 Å². The van der Waals surface area contributed by atoms with E-state index in [-0.39, 0.29) is 18.2 Å². The molecule has 3 rings (SSSR count). The van der Waals surface area contributed by atoms with Gasteiger partial charge in [-0.05, 0) is 42.7 Å². The summed E-state index contributed by atoms with van der Waals surface area (Å²) >= 11 is 0. The molecule has 0 saturated carbocycles. The highest BCUT2D eigenvalue weighted by atomic mass is 16.5. The lowest BCUT2D eigenvalue weighted by Gasteiger charge is -2.14. The molecule has 25 heavy (non-hydrogen) atoms. The lowest BCUT2D eigenvalue weighted by molar-refractivity contribution is -0.133. The first-order valence-electron chi connectivity index (χ1n) is 8.55. The van der Waals surface area contributed by atoms with E-state index in [9.17, 15) is 9.59 Å². The van der Waals surface area contributed by atoms with E-state index in [1.54, 1.807) is 29.2 Å². The standard InChI is InChI=1S/C20H22N2O3/c23-19(14-20(24)22-12-4-5-13-22)21-17-8-10-18(11-9-17)25-15-16-6-2-1-3-7-16/h1-3,6-11H,4-5,12-15H2,(H,21,23). The van der Waals surface area contributed by atoms with Gasteiger partial charge in [0.2, 0.25) is 11.8 Å². The molecule has 0 bridgehead atoms. The van der Waals surface area contributed by atoms with Crippen LogP contribution in [0.25, 0.3) is 0 Å². The zero-order chi connectivity index (χ0) is 17.5. The Morgan fingerprint density at radius 3 is 2.32 bits per heavy atom. The fraction of sp³-hybridized carbons (Fsp3) is 0.300. The molecule has 130 valence electrons. The summed E-state index contributed by atoms with van der Waals surface area (Å²) in [5, 5.41) is 2.76. The molecule has 1 N–H and O–H groups in total. The van der Waals surface area contributed by atoms with E-state index in [2.05, 4.69) is 5.32 Å². The van der Waals surface area contributed by atoms with Crippen LogP contribution in [0.2, 0.25) is 0 Å². The molecule has 1 saturated heterocycles. The lowest BCUT2D eigenvalue weighted by atomic mass is 10.2. The Labute approximate surface area is 147 Å². The Balaban J connectivity index is 1.46. The SMILES string of the molecule is O=C(CC(=O)N1CCCC1)Nc1ccc(OCc2ccccc2)cc1. The van der Waals surface area contributed by atoms with Gasteiger partial charge >= 0.3 is 0 Å². The highest BCUT2D eigenvalue weighted by molar-refractivity contribution is 6.03. The van der Waals surface area contributed by atoms with Gasteiger partial charge in [0.05, 0.1) is 0 Å². The highest BCUT2D eigenvalue weighted by Gasteiger charge is 2.20. The van der Waals surface area contributed by atoms with Gasteiger partial charge in [-0.3, -0.25) is 9.59 Å². The van der Waals surface area contributed by atoms with Gasteiger partial charge in [0, 0.05) is 18.8 Å². The maximum Gasteiger partial charge on any atom is 0.233 e. The van der Waals surface area contributed by atoms with E-state index in [1.165, 1.54) is 0 Å². The first kappa shape index (κ1) is 17.0. The number of likely N-dealkylation sites (tertiary alicyclic amines) is 1. The second-order valence-corrected chi connectivity index (χ2v) is 6.11. The first-order valence-corrected chi connectivity index (χ1v) is 8.55. The molecular weight excluding hydrogens is 316 g/mol. The molecule has 0 atom stereocenters. The molecule has 2 aromatic rings. The second-order valence-electron chi connectivity index (χ2n) is 6.11. The molecule has 0 aromatic heterocycles. The molecule has 5 heteroatoms. The number of hydrogen-bond donors (Lipinski definition) is 1. The molecule has 1 heterocycles. The van der Waals surface area contributed by atoms with E-state index in [1.807, 2.05) is 30.3 Å². The van der Waals surface area contributed by atoms with Crippen LogP contribution in [0.3, 0.4) is 0 Å². The molecule has 0 unspecified atom stereocenters. The van der Waals surface area contributed by atoms with Crippen molar-refractivity contribution in [3.05, 3.63) is 60.2 Å². The minimum absolute atomic E-state index is 0.0992. The van der Waals surface area contributed by atoms with Crippen molar-refractivity contribution in [2.45, 2.75) is 25.9 Å². The topological polar surface area (TPSA) is 58.6 Å². The van der Waals surface area contributed by atoms with Crippen LogP contribution in [-0.2, 0) is 16.2 Å². The monoisotopic (exact) mass is 338 g/mol. The Kier molecular flexibility index (Phi) is 5.67. The summed E-state index contributed by atoms with van der Waals surface area (Å²) in [6, 6.07) is 17.1. The van der Waals surface area contributed by atoms with Gasteiger partial charge in [-0.25, -0.2) is 0 Å². The molecule has 2 amide bonds. The smallest absolute Gasteiger partial charge is 0.233 e. The third-order valence-electron chi connectivity index (χ3n) is 4.16. The zero-order valence-corrected chi connectivity index (χ0v) is 14.1. The Bertz CT molecular complexity index is 707. The summed E-state index contributed by atoms with van der Waals surface area (Å²) in [5.74, 6) is 0.350. The molecule has 0 aliphatic carbocycles. The predicted molar refractivity (Wildman–Crippen MR) is 96.3 cm³/mol. The maximum absolute atomic E-state index is 12.0. The van der Waals surface area contributed by atoms with E-state index in [0.717, 1.165) is 37.2 Å². The predicted octanol–water partition coefficient (Wildman–Crippen LogP) is 3.22. The number of anilines is 1. The highest BCUT2D eigenvalue weighted by Crippen LogP contribution is 2.17. The van der Waals surface area contributed by atoms with Crippen molar-refractivity contribution in [2.75, 3.05) is 18.4 Å². The van der Waals surface area contributed by atoms with Gasteiger partial charge in [-0.15, -0.1) is 0 Å². The van der Waals surface area contributed by atoms with Crippen LogP contribution in [0, 0.1) is 0 Å². The van der Waals surface area contributed by atoms with Gasteiger partial charge in [-0.1, -0.05) is 30.3 Å². The van der Waals surface area contributed by atoms with Crippen molar-refractivity contribution >= 4 is 17.5 Å². The summed E-state index contributed by atoms with van der Waals surface area (Å²) in [4.78, 5) is 25.7. The average Bonchev–Trinajstić information content (AvgIpc) is 3.17. The first-order chi connectivity index (χ1) is 12.2. The average molecular weight is 338 g/mol. The van der Waals surface area contributed by atoms with Crippen molar-refractivity contribution in [2.24, 2.45) is 0 Å². The number of nitrogens with one attached hydrogen (secondary N) is 1. The second kappa shape index (κ2) is 8.33. The largest absolute Gasteiger partial charge is 0.489 e. The number of carbonyl (C=O) groups excluding carboxylic acids is 2. The van der Waals surface area contributed by atoms with Crippen molar-refractivity contribution in [3.8, 4) is 5.75 Å². The van der Waals surface area contributed by atoms with Gasteiger partial charge in [0.15, 0.2) is 0 Å². The normalized spacial score (nSPS) is 13.5. The number of carbonyl (C=O) groups is 2. The van der Waals surface area contributed by atoms with E-state index >= 15 is 0 Å². The number of benzene rings is 2. The van der Waals surface area contributed by atoms with Gasteiger partial charge in [0.25, 0.3) is 0 Å². The zero-order valence-electron chi connectivity index (χ0n) is 14.1. The summed E-state index contributed by atoms with van der Waals surface area (Å²) in [7, 11) is 0. The summed E-state index contributed by atoms with van der Waals surface area (Å²) in [6.45, 7) is 2.02. The van der Waals surface area contributed by atoms with Crippen molar-refractivity contribution in [1.82, 2.24) is 4.90 Å². The van der Waals surface area contributed by atoms with E-state index < -0.39 is 0 Å². The number of ether oxygens (including phenoxy) is 1. The van der Waals surface area contributed by atoms with Crippen LogP contribution in [0.5, 0.6) is 5.75 Å². The van der Waals surface area contributed by atoms with Crippen molar-refractivity contribution in [3.63, 3.8) is 0 Å². The summed E-state index contributed by atoms with van der Waals surface area (Å²) in [6.07, 6.45) is 1.95. The van der Waals surface area contributed by atoms with Gasteiger partial charge in [-0.2, -0.15) is 0 Å². The molecule has 1 aliphatic rings. The Hall–Kier alpha value is -2.82. The van der Waals surface area contributed by atoms with Crippen molar-refractivity contribution < 1.29 is 14.3 Å². The summed E-state index contributed by atoms with van der Waals surface area (Å²) in [5.41, 5.74) is 1.76. The lowest BCUT2D eigenvalue weighted by Crippen LogP contribution is -2.31. The molecule has 2 aromatic carbocycles. The molecule has 1 aliphatic heterocycles. The number of nitrogens with zero attached hydrogens (tertiary/aromatic N) is 1. The van der Waals surface area contributed by atoms with Gasteiger partial charge < -0.3 is 15.0 Å². The molecule has 1 fully saturated rings. The third-order valence-corrected chi connectivity index (χ3v) is 4.16.